The molecule has 0 aliphatic heterocycles. The third kappa shape index (κ3) is 4.05. The van der Waals surface area contributed by atoms with Crippen LogP contribution in [-0.4, -0.2) is 17.4 Å². The summed E-state index contributed by atoms with van der Waals surface area (Å²) in [6.07, 6.45) is 4.48. The van der Waals surface area contributed by atoms with E-state index in [1.807, 2.05) is 0 Å². The van der Waals surface area contributed by atoms with Crippen LogP contribution in [0.1, 0.15) is 41.8 Å². The molecule has 2 amide bonds. The van der Waals surface area contributed by atoms with Crippen LogP contribution in [0.2, 0.25) is 0 Å². The Kier molecular flexibility index (Phi) is 6.05. The van der Waals surface area contributed by atoms with Crippen LogP contribution in [0.15, 0.2) is 34.9 Å². The standard InChI is InChI=1S/C18H20FN3O3.ClH/c1-11-13(6-9-25-11)16(23)22-15-10-12(4-5-14(15)19)21-17(24)18(20)7-2-3-8-18;/h4-6,9-10H,2-3,7-8,20H2,1H3,(H,21,24)(H,22,23);1H. The first kappa shape index (κ1) is 19.9. The summed E-state index contributed by atoms with van der Waals surface area (Å²) in [6, 6.07) is 5.50. The van der Waals surface area contributed by atoms with Crippen LogP contribution in [0.25, 0.3) is 0 Å². The zero-order valence-corrected chi connectivity index (χ0v) is 15.1. The summed E-state index contributed by atoms with van der Waals surface area (Å²) in [7, 11) is 0. The molecule has 0 spiro atoms. The first-order valence-corrected chi connectivity index (χ1v) is 8.14. The maximum atomic E-state index is 14.0. The number of furan rings is 1. The monoisotopic (exact) mass is 381 g/mol. The average Bonchev–Trinajstić information content (AvgIpc) is 3.20. The Hall–Kier alpha value is -2.38. The highest BCUT2D eigenvalue weighted by Crippen LogP contribution is 2.29. The largest absolute Gasteiger partial charge is 0.469 e. The highest BCUT2D eigenvalue weighted by atomic mass is 35.5. The van der Waals surface area contributed by atoms with E-state index in [1.54, 1.807) is 6.92 Å². The van der Waals surface area contributed by atoms with Crippen molar-refractivity contribution in [3.63, 3.8) is 0 Å². The third-order valence-electron chi connectivity index (χ3n) is 4.52. The van der Waals surface area contributed by atoms with E-state index in [9.17, 15) is 14.0 Å². The lowest BCUT2D eigenvalue weighted by Crippen LogP contribution is -2.48. The summed E-state index contributed by atoms with van der Waals surface area (Å²) in [5.41, 5.74) is 5.90. The number of nitrogens with two attached hydrogens (primary N) is 1. The van der Waals surface area contributed by atoms with Crippen LogP contribution in [0.5, 0.6) is 0 Å². The molecule has 140 valence electrons. The topological polar surface area (TPSA) is 97.4 Å². The van der Waals surface area contributed by atoms with E-state index in [1.165, 1.54) is 30.5 Å². The Balaban J connectivity index is 0.00000243. The van der Waals surface area contributed by atoms with E-state index in [2.05, 4.69) is 10.6 Å². The second kappa shape index (κ2) is 7.88. The van der Waals surface area contributed by atoms with E-state index in [-0.39, 0.29) is 24.0 Å². The molecule has 1 aliphatic carbocycles. The first-order valence-electron chi connectivity index (χ1n) is 8.14. The van der Waals surface area contributed by atoms with Gasteiger partial charge in [-0.2, -0.15) is 0 Å². The van der Waals surface area contributed by atoms with Gasteiger partial charge in [-0.05, 0) is 44.0 Å². The second-order valence-corrected chi connectivity index (χ2v) is 6.36. The van der Waals surface area contributed by atoms with Crippen LogP contribution < -0.4 is 16.4 Å². The van der Waals surface area contributed by atoms with Crippen molar-refractivity contribution in [1.29, 1.82) is 0 Å². The van der Waals surface area contributed by atoms with Crippen molar-refractivity contribution in [3.05, 3.63) is 47.7 Å². The fourth-order valence-electron chi connectivity index (χ4n) is 3.00. The van der Waals surface area contributed by atoms with Crippen LogP contribution in [0.3, 0.4) is 0 Å². The van der Waals surface area contributed by atoms with Crippen molar-refractivity contribution < 1.29 is 18.4 Å². The highest BCUT2D eigenvalue weighted by Gasteiger charge is 2.37. The van der Waals surface area contributed by atoms with E-state index in [4.69, 9.17) is 10.2 Å². The Morgan fingerprint density at radius 3 is 2.50 bits per heavy atom. The molecule has 6 nitrogen and oxygen atoms in total. The predicted octanol–water partition coefficient (Wildman–Crippen LogP) is 3.61. The van der Waals surface area contributed by atoms with E-state index < -0.39 is 17.3 Å². The number of hydrogen-bond acceptors (Lipinski definition) is 4. The molecule has 4 N–H and O–H groups in total. The number of nitrogens with one attached hydrogen (secondary N) is 2. The predicted molar refractivity (Wildman–Crippen MR) is 99.1 cm³/mol. The van der Waals surface area contributed by atoms with Gasteiger partial charge in [-0.25, -0.2) is 4.39 Å². The number of carbonyl (C=O) groups is 2. The molecule has 1 heterocycles. The number of amides is 2. The molecule has 1 aromatic heterocycles. The van der Waals surface area contributed by atoms with E-state index in [0.717, 1.165) is 12.8 Å². The van der Waals surface area contributed by atoms with Gasteiger partial charge in [0.15, 0.2) is 0 Å². The summed E-state index contributed by atoms with van der Waals surface area (Å²) < 4.78 is 19.1. The zero-order chi connectivity index (χ0) is 18.0. The summed E-state index contributed by atoms with van der Waals surface area (Å²) in [5, 5.41) is 5.20. The SMILES string of the molecule is Cc1occc1C(=O)Nc1cc(NC(=O)C2(N)CCCC2)ccc1F.Cl. The van der Waals surface area contributed by atoms with Gasteiger partial charge in [0.25, 0.3) is 5.91 Å². The molecule has 1 fully saturated rings. The molecule has 0 saturated heterocycles. The van der Waals surface area contributed by atoms with Gasteiger partial charge in [0.2, 0.25) is 5.91 Å². The average molecular weight is 382 g/mol. The highest BCUT2D eigenvalue weighted by molar-refractivity contribution is 6.05. The molecule has 1 aromatic carbocycles. The Bertz CT molecular complexity index is 816. The third-order valence-corrected chi connectivity index (χ3v) is 4.52. The van der Waals surface area contributed by atoms with Gasteiger partial charge >= 0.3 is 0 Å². The lowest BCUT2D eigenvalue weighted by atomic mass is 9.98. The van der Waals surface area contributed by atoms with Gasteiger partial charge in [0.05, 0.1) is 23.1 Å². The van der Waals surface area contributed by atoms with Gasteiger partial charge < -0.3 is 20.8 Å². The molecule has 0 radical (unpaired) electrons. The summed E-state index contributed by atoms with van der Waals surface area (Å²) >= 11 is 0. The van der Waals surface area contributed by atoms with Crippen molar-refractivity contribution in [3.8, 4) is 0 Å². The molecule has 0 bridgehead atoms. The van der Waals surface area contributed by atoms with Crippen molar-refractivity contribution >= 4 is 35.6 Å². The van der Waals surface area contributed by atoms with Gasteiger partial charge in [0, 0.05) is 5.69 Å². The number of benzene rings is 1. The molecule has 8 heteroatoms. The van der Waals surface area contributed by atoms with Crippen molar-refractivity contribution in [2.45, 2.75) is 38.1 Å². The molecular weight excluding hydrogens is 361 g/mol. The molecule has 0 unspecified atom stereocenters. The molecule has 0 atom stereocenters. The van der Waals surface area contributed by atoms with Crippen LogP contribution in [-0.2, 0) is 4.79 Å². The van der Waals surface area contributed by atoms with Crippen molar-refractivity contribution in [2.24, 2.45) is 5.73 Å². The lowest BCUT2D eigenvalue weighted by molar-refractivity contribution is -0.121. The number of halogens is 2. The maximum Gasteiger partial charge on any atom is 0.259 e. The summed E-state index contributed by atoms with van der Waals surface area (Å²) in [6.45, 7) is 1.64. The van der Waals surface area contributed by atoms with Crippen molar-refractivity contribution in [1.82, 2.24) is 0 Å². The van der Waals surface area contributed by atoms with Crippen molar-refractivity contribution in [2.75, 3.05) is 10.6 Å². The van der Waals surface area contributed by atoms with Crippen LogP contribution in [0, 0.1) is 12.7 Å². The molecule has 2 aromatic rings. The molecule has 26 heavy (non-hydrogen) atoms. The Labute approximate surface area is 156 Å². The quantitative estimate of drug-likeness (QED) is 0.753. The number of hydrogen-bond donors (Lipinski definition) is 3. The van der Waals surface area contributed by atoms with Gasteiger partial charge in [0.1, 0.15) is 11.6 Å². The van der Waals surface area contributed by atoms with E-state index in [0.29, 0.717) is 29.9 Å². The summed E-state index contributed by atoms with van der Waals surface area (Å²) in [4.78, 5) is 24.6. The van der Waals surface area contributed by atoms with Crippen LogP contribution >= 0.6 is 12.4 Å². The van der Waals surface area contributed by atoms with Gasteiger partial charge in [-0.15, -0.1) is 12.4 Å². The second-order valence-electron chi connectivity index (χ2n) is 6.36. The maximum absolute atomic E-state index is 14.0. The number of anilines is 2. The molecule has 1 aliphatic rings. The normalized spacial score (nSPS) is 15.2. The fraction of sp³-hybridized carbons (Fsp3) is 0.333. The first-order chi connectivity index (χ1) is 11.9. The Morgan fingerprint density at radius 2 is 1.88 bits per heavy atom. The summed E-state index contributed by atoms with van der Waals surface area (Å²) in [5.74, 6) is -0.941. The minimum atomic E-state index is -0.883. The number of aryl methyl sites for hydroxylation is 1. The van der Waals surface area contributed by atoms with Gasteiger partial charge in [-0.1, -0.05) is 12.8 Å². The minimum absolute atomic E-state index is 0. The minimum Gasteiger partial charge on any atom is -0.469 e. The smallest absolute Gasteiger partial charge is 0.259 e. The number of carbonyl (C=O) groups excluding carboxylic acids is 2. The molecular formula is C18H21ClFN3O3. The zero-order valence-electron chi connectivity index (χ0n) is 14.3. The molecule has 1 saturated carbocycles. The van der Waals surface area contributed by atoms with Crippen LogP contribution in [0.4, 0.5) is 15.8 Å². The van der Waals surface area contributed by atoms with Gasteiger partial charge in [-0.3, -0.25) is 9.59 Å². The van der Waals surface area contributed by atoms with E-state index >= 15 is 0 Å². The molecule has 3 rings (SSSR count). The number of rotatable bonds is 4. The Morgan fingerprint density at radius 1 is 1.19 bits per heavy atom. The lowest BCUT2D eigenvalue weighted by Gasteiger charge is -2.22. The fourth-order valence-corrected chi connectivity index (χ4v) is 3.00.